The van der Waals surface area contributed by atoms with Crippen LogP contribution in [0.15, 0.2) is 60.7 Å². The summed E-state index contributed by atoms with van der Waals surface area (Å²) >= 11 is 0. The van der Waals surface area contributed by atoms with E-state index in [-0.39, 0.29) is 67.7 Å². The predicted octanol–water partition coefficient (Wildman–Crippen LogP) is 7.01. The smallest absolute Gasteiger partial charge is 0.169 e. The number of nitrogens with zero attached hydrogens (tertiary/aromatic N) is 2. The van der Waals surface area contributed by atoms with Crippen molar-refractivity contribution in [3.05, 3.63) is 71.8 Å². The van der Waals surface area contributed by atoms with E-state index in [4.69, 9.17) is 0 Å². The molecule has 6 aromatic carbocycles. The molecule has 0 aliphatic heterocycles. The summed E-state index contributed by atoms with van der Waals surface area (Å²) in [6.45, 7) is 3.43. The van der Waals surface area contributed by atoms with Crippen LogP contribution in [0, 0.1) is 13.8 Å². The summed E-state index contributed by atoms with van der Waals surface area (Å²) in [7, 11) is 0. The molecule has 12 nitrogen and oxygen atoms in total. The molecule has 48 heavy (non-hydrogen) atoms. The third-order valence-electron chi connectivity index (χ3n) is 8.79. The van der Waals surface area contributed by atoms with Gasteiger partial charge in [-0.2, -0.15) is 0 Å². The Morgan fingerprint density at radius 2 is 0.917 bits per heavy atom. The molecule has 238 valence electrons. The quantitative estimate of drug-likeness (QED) is 0.0888. The topological polar surface area (TPSA) is 219 Å². The van der Waals surface area contributed by atoms with Gasteiger partial charge in [0.15, 0.2) is 23.0 Å². The first-order valence-electron chi connectivity index (χ1n) is 14.7. The number of aryl methyl sites for hydroxylation is 2. The molecule has 0 aliphatic carbocycles. The van der Waals surface area contributed by atoms with E-state index in [1.165, 1.54) is 36.4 Å². The van der Waals surface area contributed by atoms with Crippen molar-refractivity contribution < 1.29 is 40.9 Å². The molecule has 8 rings (SSSR count). The van der Waals surface area contributed by atoms with Crippen LogP contribution in [-0.2, 0) is 0 Å². The minimum Gasteiger partial charge on any atom is -0.508 e. The molecule has 0 bridgehead atoms. The summed E-state index contributed by atoms with van der Waals surface area (Å²) in [4.78, 5) is 15.1. The molecule has 8 aromatic rings. The largest absolute Gasteiger partial charge is 0.508 e. The van der Waals surface area contributed by atoms with Crippen molar-refractivity contribution >= 4 is 43.6 Å². The lowest BCUT2D eigenvalue weighted by atomic mass is 9.87. The van der Waals surface area contributed by atoms with Crippen LogP contribution in [-0.4, -0.2) is 60.8 Å². The Kier molecular flexibility index (Phi) is 5.87. The third kappa shape index (κ3) is 4.02. The SMILES string of the molecule is Cc1cc2c(-c3nc4cc(O)ccc4[nH]3)c(O)c(O)cc2c(O)c1-c1c(C)cc2c(-c3nc4ccc(O)cc4[nH]3)c(O)c(O)cc2c1O. The van der Waals surface area contributed by atoms with Crippen LogP contribution in [0.2, 0.25) is 0 Å². The highest BCUT2D eigenvalue weighted by Crippen LogP contribution is 2.53. The number of nitrogens with one attached hydrogen (secondary N) is 2. The molecule has 0 atom stereocenters. The van der Waals surface area contributed by atoms with Gasteiger partial charge in [-0.1, -0.05) is 0 Å². The third-order valence-corrected chi connectivity index (χ3v) is 8.79. The molecule has 0 amide bonds. The normalized spacial score (nSPS) is 11.8. The monoisotopic (exact) mass is 642 g/mol. The fraction of sp³-hybridized carbons (Fsp3) is 0.0556. The average molecular weight is 643 g/mol. The number of fused-ring (bicyclic) bond motifs is 4. The van der Waals surface area contributed by atoms with Gasteiger partial charge >= 0.3 is 0 Å². The van der Waals surface area contributed by atoms with E-state index in [1.807, 2.05) is 0 Å². The fourth-order valence-electron chi connectivity index (χ4n) is 6.60. The van der Waals surface area contributed by atoms with E-state index in [1.54, 1.807) is 38.1 Å². The summed E-state index contributed by atoms with van der Waals surface area (Å²) in [6.07, 6.45) is 0. The van der Waals surface area contributed by atoms with Crippen molar-refractivity contribution in [3.63, 3.8) is 0 Å². The number of hydrogen-bond acceptors (Lipinski definition) is 10. The minimum absolute atomic E-state index is 0.00256. The van der Waals surface area contributed by atoms with Gasteiger partial charge < -0.3 is 50.8 Å². The summed E-state index contributed by atoms with van der Waals surface area (Å²) in [5.74, 6) is -2.17. The van der Waals surface area contributed by atoms with Gasteiger partial charge in [0, 0.05) is 44.8 Å². The zero-order chi connectivity index (χ0) is 33.8. The molecule has 0 saturated heterocycles. The van der Waals surface area contributed by atoms with Crippen LogP contribution in [0.5, 0.6) is 46.0 Å². The predicted molar refractivity (Wildman–Crippen MR) is 180 cm³/mol. The summed E-state index contributed by atoms with van der Waals surface area (Å²) in [6, 6.07) is 14.9. The average Bonchev–Trinajstić information content (AvgIpc) is 3.64. The number of phenolic OH excluding ortho intramolecular Hbond substituents is 8. The van der Waals surface area contributed by atoms with Gasteiger partial charge in [-0.25, -0.2) is 9.97 Å². The van der Waals surface area contributed by atoms with Gasteiger partial charge in [-0.05, 0) is 73.5 Å². The second-order valence-corrected chi connectivity index (χ2v) is 11.8. The van der Waals surface area contributed by atoms with Gasteiger partial charge in [0.25, 0.3) is 0 Å². The number of imidazole rings is 2. The fourth-order valence-corrected chi connectivity index (χ4v) is 6.60. The number of benzene rings is 6. The Morgan fingerprint density at radius 1 is 0.438 bits per heavy atom. The second kappa shape index (κ2) is 9.84. The standard InChI is InChI=1S/C36H26N4O8/c1-13-7-17-19(11-25(43)33(47)29(17)35-37-21-5-3-15(41)9-23(21)39-35)31(45)27(13)28-14(2)8-18-20(32(28)46)12-26(44)34(48)30(18)36-38-22-6-4-16(42)10-24(22)40-36/h3-12,41-48H,1-2H3,(H,37,39)(H,38,40). The molecule has 10 N–H and O–H groups in total. The van der Waals surface area contributed by atoms with Gasteiger partial charge in [-0.3, -0.25) is 0 Å². The molecule has 0 unspecified atom stereocenters. The van der Waals surface area contributed by atoms with Crippen molar-refractivity contribution in [3.8, 4) is 79.9 Å². The molecule has 0 aliphatic rings. The Bertz CT molecular complexity index is 2510. The zero-order valence-electron chi connectivity index (χ0n) is 25.2. The molecule has 2 aromatic heterocycles. The van der Waals surface area contributed by atoms with E-state index < -0.39 is 23.0 Å². The number of H-pyrrole nitrogens is 2. The first kappa shape index (κ1) is 28.6. The molecular formula is C36H26N4O8. The van der Waals surface area contributed by atoms with Crippen molar-refractivity contribution in [1.29, 1.82) is 0 Å². The van der Waals surface area contributed by atoms with Gasteiger partial charge in [0.2, 0.25) is 0 Å². The summed E-state index contributed by atoms with van der Waals surface area (Å²) in [5.41, 5.74) is 3.69. The Labute approximate surface area is 269 Å². The highest BCUT2D eigenvalue weighted by atomic mass is 16.3. The Morgan fingerprint density at radius 3 is 1.48 bits per heavy atom. The van der Waals surface area contributed by atoms with Crippen molar-refractivity contribution in [2.45, 2.75) is 13.8 Å². The maximum Gasteiger partial charge on any atom is 0.169 e. The molecular weight excluding hydrogens is 616 g/mol. The van der Waals surface area contributed by atoms with Gasteiger partial charge in [0.05, 0.1) is 33.2 Å². The van der Waals surface area contributed by atoms with Gasteiger partial charge in [-0.15, -0.1) is 0 Å². The Hall–Kier alpha value is -6.82. The number of phenols is 8. The number of hydrogen-bond donors (Lipinski definition) is 10. The number of aromatic amines is 2. The van der Waals surface area contributed by atoms with Crippen LogP contribution in [0.1, 0.15) is 11.1 Å². The van der Waals surface area contributed by atoms with E-state index in [9.17, 15) is 40.9 Å². The number of rotatable bonds is 3. The molecule has 0 spiro atoms. The van der Waals surface area contributed by atoms with Crippen molar-refractivity contribution in [1.82, 2.24) is 19.9 Å². The lowest BCUT2D eigenvalue weighted by molar-refractivity contribution is 0.405. The summed E-state index contributed by atoms with van der Waals surface area (Å²) in [5, 5.41) is 88.0. The maximum atomic E-state index is 11.8. The molecule has 2 heterocycles. The number of aromatic hydroxyl groups is 8. The summed E-state index contributed by atoms with van der Waals surface area (Å²) < 4.78 is 0. The Balaban J connectivity index is 1.37. The van der Waals surface area contributed by atoms with Crippen LogP contribution >= 0.6 is 0 Å². The first-order chi connectivity index (χ1) is 22.9. The van der Waals surface area contributed by atoms with Crippen LogP contribution in [0.3, 0.4) is 0 Å². The van der Waals surface area contributed by atoms with E-state index in [0.717, 1.165) is 0 Å². The molecule has 0 radical (unpaired) electrons. The number of aromatic nitrogens is 4. The van der Waals surface area contributed by atoms with Gasteiger partial charge in [0.1, 0.15) is 34.6 Å². The van der Waals surface area contributed by atoms with Crippen LogP contribution < -0.4 is 0 Å². The first-order valence-corrected chi connectivity index (χ1v) is 14.7. The van der Waals surface area contributed by atoms with E-state index in [2.05, 4.69) is 19.9 Å². The van der Waals surface area contributed by atoms with Crippen LogP contribution in [0.25, 0.3) is 77.5 Å². The molecule has 0 fully saturated rings. The highest BCUT2D eigenvalue weighted by molar-refractivity contribution is 6.11. The van der Waals surface area contributed by atoms with Crippen molar-refractivity contribution in [2.75, 3.05) is 0 Å². The highest BCUT2D eigenvalue weighted by Gasteiger charge is 2.27. The van der Waals surface area contributed by atoms with E-state index in [0.29, 0.717) is 44.0 Å². The van der Waals surface area contributed by atoms with E-state index >= 15 is 0 Å². The van der Waals surface area contributed by atoms with Crippen molar-refractivity contribution in [2.24, 2.45) is 0 Å². The van der Waals surface area contributed by atoms with Crippen LogP contribution in [0.4, 0.5) is 0 Å². The zero-order valence-corrected chi connectivity index (χ0v) is 25.2. The lowest BCUT2D eigenvalue weighted by Gasteiger charge is -2.20. The minimum atomic E-state index is -0.519. The maximum absolute atomic E-state index is 11.8. The second-order valence-electron chi connectivity index (χ2n) is 11.8. The molecule has 12 heteroatoms. The lowest BCUT2D eigenvalue weighted by Crippen LogP contribution is -1.95. The molecule has 0 saturated carbocycles.